The van der Waals surface area contributed by atoms with Gasteiger partial charge >= 0.3 is 0 Å². The molecule has 1 aliphatic heterocycles. The standard InChI is InChI=1S/C19H21N5O4/c25-7-13-15(26)16(27)19(28-13)24-9-22-14-17(20-8-21-18(14)24)23-12-6-11(12)10-4-2-1-3-5-10/h1-5,8-9,11-13,15-16,19,25-27H,6-7H2,(H,20,21,23)/t11-,12+,13+,15+,16+,19+/m0/s1. The van der Waals surface area contributed by atoms with Crippen LogP contribution in [0.25, 0.3) is 11.2 Å². The van der Waals surface area contributed by atoms with E-state index in [4.69, 9.17) is 4.74 Å². The molecule has 2 aromatic heterocycles. The zero-order valence-corrected chi connectivity index (χ0v) is 15.0. The molecular formula is C19H21N5O4. The van der Waals surface area contributed by atoms with Gasteiger partial charge in [0.15, 0.2) is 23.2 Å². The van der Waals surface area contributed by atoms with Crippen molar-refractivity contribution < 1.29 is 20.1 Å². The number of fused-ring (bicyclic) bond motifs is 1. The first-order valence-corrected chi connectivity index (χ1v) is 9.29. The number of hydrogen-bond donors (Lipinski definition) is 4. The SMILES string of the molecule is OC[C@H]1O[C@@H](n2cnc3c(N[C@@H]4C[C@H]4c4ccccc4)ncnc32)[C@H](O)[C@@H]1O. The van der Waals surface area contributed by atoms with Crippen molar-refractivity contribution in [2.75, 3.05) is 11.9 Å². The molecule has 3 heterocycles. The number of aliphatic hydroxyl groups excluding tert-OH is 3. The minimum absolute atomic E-state index is 0.277. The van der Waals surface area contributed by atoms with Crippen molar-refractivity contribution in [1.29, 1.82) is 0 Å². The van der Waals surface area contributed by atoms with Crippen LogP contribution in [0, 0.1) is 0 Å². The molecule has 3 aromatic rings. The van der Waals surface area contributed by atoms with Crippen LogP contribution in [0.2, 0.25) is 0 Å². The lowest BCUT2D eigenvalue weighted by atomic mass is 10.1. The smallest absolute Gasteiger partial charge is 0.167 e. The van der Waals surface area contributed by atoms with E-state index in [9.17, 15) is 15.3 Å². The summed E-state index contributed by atoms with van der Waals surface area (Å²) in [5, 5.41) is 33.0. The number of aromatic nitrogens is 4. The number of anilines is 1. The maximum absolute atomic E-state index is 10.3. The van der Waals surface area contributed by atoms with Crippen molar-refractivity contribution in [3.05, 3.63) is 48.5 Å². The Balaban J connectivity index is 1.39. The number of benzene rings is 1. The summed E-state index contributed by atoms with van der Waals surface area (Å²) in [5.74, 6) is 1.06. The average Bonchev–Trinajstić information content (AvgIpc) is 3.26. The second kappa shape index (κ2) is 6.78. The predicted molar refractivity (Wildman–Crippen MR) is 99.5 cm³/mol. The normalized spacial score (nSPS) is 32.0. The van der Waals surface area contributed by atoms with Gasteiger partial charge in [-0.2, -0.15) is 0 Å². The van der Waals surface area contributed by atoms with E-state index in [2.05, 4.69) is 32.4 Å². The first kappa shape index (κ1) is 17.5. The van der Waals surface area contributed by atoms with E-state index in [0.717, 1.165) is 6.42 Å². The molecule has 4 N–H and O–H groups in total. The number of nitrogens with one attached hydrogen (secondary N) is 1. The quantitative estimate of drug-likeness (QED) is 0.499. The van der Waals surface area contributed by atoms with E-state index < -0.39 is 24.5 Å². The largest absolute Gasteiger partial charge is 0.394 e. The van der Waals surface area contributed by atoms with Crippen LogP contribution in [0.5, 0.6) is 0 Å². The topological polar surface area (TPSA) is 126 Å². The Morgan fingerprint density at radius 2 is 1.93 bits per heavy atom. The number of ether oxygens (including phenoxy) is 1. The molecule has 28 heavy (non-hydrogen) atoms. The number of hydrogen-bond acceptors (Lipinski definition) is 8. The van der Waals surface area contributed by atoms with Crippen molar-refractivity contribution in [2.24, 2.45) is 0 Å². The molecule has 2 fully saturated rings. The molecule has 5 rings (SSSR count). The summed E-state index contributed by atoms with van der Waals surface area (Å²) in [4.78, 5) is 13.0. The maximum Gasteiger partial charge on any atom is 0.167 e. The minimum Gasteiger partial charge on any atom is -0.394 e. The Morgan fingerprint density at radius 1 is 1.11 bits per heavy atom. The fourth-order valence-electron chi connectivity index (χ4n) is 3.85. The highest BCUT2D eigenvalue weighted by Crippen LogP contribution is 2.43. The van der Waals surface area contributed by atoms with Gasteiger partial charge in [0.05, 0.1) is 12.9 Å². The van der Waals surface area contributed by atoms with Crippen LogP contribution in [-0.2, 0) is 4.74 Å². The van der Waals surface area contributed by atoms with Gasteiger partial charge < -0.3 is 25.4 Å². The van der Waals surface area contributed by atoms with Crippen LogP contribution in [0.15, 0.2) is 43.0 Å². The summed E-state index contributed by atoms with van der Waals surface area (Å²) in [6, 6.07) is 10.6. The highest BCUT2D eigenvalue weighted by atomic mass is 16.6. The van der Waals surface area contributed by atoms with E-state index in [-0.39, 0.29) is 12.6 Å². The first-order chi connectivity index (χ1) is 13.7. The first-order valence-electron chi connectivity index (χ1n) is 9.29. The maximum atomic E-state index is 10.3. The van der Waals surface area contributed by atoms with Crippen LogP contribution in [0.1, 0.15) is 24.1 Å². The molecule has 9 nitrogen and oxygen atoms in total. The summed E-state index contributed by atoms with van der Waals surface area (Å²) in [6.45, 7) is -0.383. The molecule has 0 spiro atoms. The van der Waals surface area contributed by atoms with Crippen molar-refractivity contribution in [1.82, 2.24) is 19.5 Å². The van der Waals surface area contributed by atoms with Gasteiger partial charge in [-0.3, -0.25) is 4.57 Å². The van der Waals surface area contributed by atoms with Gasteiger partial charge in [0, 0.05) is 12.0 Å². The molecule has 0 amide bonds. The monoisotopic (exact) mass is 383 g/mol. The summed E-state index contributed by atoms with van der Waals surface area (Å²) in [5.41, 5.74) is 2.35. The Labute approximate surface area is 160 Å². The fraction of sp³-hybridized carbons (Fsp3) is 0.421. The van der Waals surface area contributed by atoms with Gasteiger partial charge in [0.25, 0.3) is 0 Å². The molecule has 1 saturated heterocycles. The molecule has 1 saturated carbocycles. The van der Waals surface area contributed by atoms with Gasteiger partial charge in [-0.05, 0) is 12.0 Å². The van der Waals surface area contributed by atoms with E-state index in [1.807, 2.05) is 18.2 Å². The highest BCUT2D eigenvalue weighted by molar-refractivity contribution is 5.83. The molecule has 1 aliphatic carbocycles. The second-order valence-electron chi connectivity index (χ2n) is 7.28. The van der Waals surface area contributed by atoms with E-state index >= 15 is 0 Å². The van der Waals surface area contributed by atoms with Crippen LogP contribution in [0.3, 0.4) is 0 Å². The van der Waals surface area contributed by atoms with E-state index in [1.54, 1.807) is 4.57 Å². The molecule has 2 aliphatic rings. The highest BCUT2D eigenvalue weighted by Gasteiger charge is 2.44. The Bertz CT molecular complexity index is 981. The van der Waals surface area contributed by atoms with Crippen molar-refractivity contribution in [3.8, 4) is 0 Å². The van der Waals surface area contributed by atoms with Crippen molar-refractivity contribution in [3.63, 3.8) is 0 Å². The summed E-state index contributed by atoms with van der Waals surface area (Å²) >= 11 is 0. The van der Waals surface area contributed by atoms with Gasteiger partial charge in [-0.1, -0.05) is 30.3 Å². The lowest BCUT2D eigenvalue weighted by Gasteiger charge is -2.16. The predicted octanol–water partition coefficient (Wildman–Crippen LogP) is 0.406. The number of aliphatic hydroxyl groups is 3. The fourth-order valence-corrected chi connectivity index (χ4v) is 3.85. The van der Waals surface area contributed by atoms with E-state index in [1.165, 1.54) is 18.2 Å². The molecule has 6 atom stereocenters. The lowest BCUT2D eigenvalue weighted by molar-refractivity contribution is -0.0511. The molecule has 0 unspecified atom stereocenters. The molecule has 1 aromatic carbocycles. The summed E-state index contributed by atoms with van der Waals surface area (Å²) in [7, 11) is 0. The minimum atomic E-state index is -1.19. The Kier molecular flexibility index (Phi) is 4.24. The Morgan fingerprint density at radius 3 is 2.68 bits per heavy atom. The van der Waals surface area contributed by atoms with Gasteiger partial charge in [-0.15, -0.1) is 0 Å². The second-order valence-corrected chi connectivity index (χ2v) is 7.28. The zero-order chi connectivity index (χ0) is 19.3. The molecular weight excluding hydrogens is 362 g/mol. The van der Waals surface area contributed by atoms with E-state index in [0.29, 0.717) is 22.9 Å². The van der Waals surface area contributed by atoms with Gasteiger partial charge in [0.1, 0.15) is 24.6 Å². The summed E-state index contributed by atoms with van der Waals surface area (Å²) in [6.07, 6.45) is -0.133. The lowest BCUT2D eigenvalue weighted by Crippen LogP contribution is -2.33. The average molecular weight is 383 g/mol. The van der Waals surface area contributed by atoms with Crippen molar-refractivity contribution in [2.45, 2.75) is 42.9 Å². The van der Waals surface area contributed by atoms with Crippen molar-refractivity contribution >= 4 is 17.0 Å². The van der Waals surface area contributed by atoms with Crippen LogP contribution in [-0.4, -0.2) is 65.8 Å². The third kappa shape index (κ3) is 2.83. The number of nitrogens with zero attached hydrogens (tertiary/aromatic N) is 4. The van der Waals surface area contributed by atoms with Crippen LogP contribution in [0.4, 0.5) is 5.82 Å². The number of imidazole rings is 1. The summed E-state index contributed by atoms with van der Waals surface area (Å²) < 4.78 is 7.15. The van der Waals surface area contributed by atoms with Gasteiger partial charge in [0.2, 0.25) is 0 Å². The van der Waals surface area contributed by atoms with Gasteiger partial charge in [-0.25, -0.2) is 15.0 Å². The molecule has 9 heteroatoms. The zero-order valence-electron chi connectivity index (χ0n) is 15.0. The molecule has 0 bridgehead atoms. The Hall–Kier alpha value is -2.59. The molecule has 0 radical (unpaired) electrons. The van der Waals surface area contributed by atoms with Crippen LogP contribution >= 0.6 is 0 Å². The third-order valence-corrected chi connectivity index (χ3v) is 5.49. The van der Waals surface area contributed by atoms with Crippen LogP contribution < -0.4 is 5.32 Å². The number of rotatable bonds is 5. The third-order valence-electron chi connectivity index (χ3n) is 5.49. The molecule has 146 valence electrons.